The molecule has 16 heteroatoms. The number of aliphatic hydroxyl groups is 1. The highest BCUT2D eigenvalue weighted by atomic mass is 32.3. The van der Waals surface area contributed by atoms with E-state index in [4.69, 9.17) is 4.74 Å². The van der Waals surface area contributed by atoms with E-state index in [2.05, 4.69) is 14.4 Å². The number of nitrogens with one attached hydrogen (secondary N) is 2. The number of benzene rings is 2. The van der Waals surface area contributed by atoms with Crippen molar-refractivity contribution in [2.75, 3.05) is 29.4 Å². The average molecular weight is 677 g/mol. The molecule has 2 aromatic carbocycles. The van der Waals surface area contributed by atoms with E-state index in [0.717, 1.165) is 6.26 Å². The van der Waals surface area contributed by atoms with Gasteiger partial charge in [-0.15, -0.1) is 4.40 Å². The third-order valence-electron chi connectivity index (χ3n) is 8.26. The van der Waals surface area contributed by atoms with Crippen LogP contribution in [0.25, 0.3) is 5.76 Å². The molecule has 3 aliphatic rings. The van der Waals surface area contributed by atoms with E-state index in [1.807, 2.05) is 13.8 Å². The van der Waals surface area contributed by atoms with Crippen LogP contribution in [0.3, 0.4) is 0 Å². The van der Waals surface area contributed by atoms with E-state index in [-0.39, 0.29) is 46.3 Å². The van der Waals surface area contributed by atoms with Gasteiger partial charge in [-0.25, -0.2) is 13.2 Å². The lowest BCUT2D eigenvalue weighted by molar-refractivity contribution is -0.155. The number of carboxylic acid groups (broad SMARTS) is 1. The van der Waals surface area contributed by atoms with Crippen LogP contribution in [0.2, 0.25) is 0 Å². The fourth-order valence-electron chi connectivity index (χ4n) is 6.04. The van der Waals surface area contributed by atoms with E-state index in [0.29, 0.717) is 25.8 Å². The minimum Gasteiger partial charge on any atom is -0.506 e. The third kappa shape index (κ3) is 6.17. The first-order valence-electron chi connectivity index (χ1n) is 14.6. The number of sulfonamides is 1. The molecule has 46 heavy (non-hydrogen) atoms. The van der Waals surface area contributed by atoms with Gasteiger partial charge in [0.15, 0.2) is 17.0 Å². The summed E-state index contributed by atoms with van der Waals surface area (Å²) in [4.78, 5) is 41.7. The summed E-state index contributed by atoms with van der Waals surface area (Å²) in [6, 6.07) is 9.64. The van der Waals surface area contributed by atoms with Gasteiger partial charge in [0.2, 0.25) is 10.0 Å². The number of likely N-dealkylation sites (tertiary alicyclic amines) is 1. The van der Waals surface area contributed by atoms with Crippen LogP contribution in [-0.2, 0) is 29.8 Å². The molecule has 1 aliphatic carbocycles. The Morgan fingerprint density at radius 2 is 1.93 bits per heavy atom. The number of fused-ring (bicyclic) bond motifs is 2. The monoisotopic (exact) mass is 676 g/mol. The Balaban J connectivity index is 1.59. The molecule has 6 N–H and O–H groups in total. The average Bonchev–Trinajstić information content (AvgIpc) is 3.45. The zero-order valence-electron chi connectivity index (χ0n) is 25.4. The van der Waals surface area contributed by atoms with Gasteiger partial charge in [-0.1, -0.05) is 48.9 Å². The molecule has 1 saturated heterocycles. The van der Waals surface area contributed by atoms with Gasteiger partial charge in [-0.2, -0.15) is 0 Å². The second-order valence-electron chi connectivity index (χ2n) is 12.0. The van der Waals surface area contributed by atoms with Crippen LogP contribution in [-0.4, -0.2) is 81.8 Å². The maximum Gasteiger partial charge on any atom is 0.407 e. The first kappa shape index (κ1) is 33.2. The summed E-state index contributed by atoms with van der Waals surface area (Å²) in [5.41, 5.74) is -1.96. The Labute approximate surface area is 267 Å². The predicted octanol–water partition coefficient (Wildman–Crippen LogP) is 4.82. The van der Waals surface area contributed by atoms with Gasteiger partial charge < -0.3 is 25.2 Å². The van der Waals surface area contributed by atoms with Crippen LogP contribution in [0.4, 0.5) is 16.2 Å². The fourth-order valence-corrected chi connectivity index (χ4v) is 7.78. The number of aliphatic hydroxyl groups excluding tert-OH is 1. The summed E-state index contributed by atoms with van der Waals surface area (Å²) in [6.07, 6.45) is 1.25. The van der Waals surface area contributed by atoms with Crippen molar-refractivity contribution >= 4 is 61.6 Å². The van der Waals surface area contributed by atoms with Gasteiger partial charge >= 0.3 is 12.1 Å². The molecule has 0 saturated carbocycles. The molecular formula is C30H36N4O10S2. The van der Waals surface area contributed by atoms with Crippen LogP contribution in [0.1, 0.15) is 50.7 Å². The van der Waals surface area contributed by atoms with Crippen molar-refractivity contribution in [2.24, 2.45) is 10.3 Å². The number of rotatable bonds is 9. The summed E-state index contributed by atoms with van der Waals surface area (Å²) in [5, 5.41) is 23.9. The zero-order chi connectivity index (χ0) is 33.6. The van der Waals surface area contributed by atoms with Gasteiger partial charge in [0, 0.05) is 12.1 Å². The second-order valence-corrected chi connectivity index (χ2v) is 15.4. The summed E-state index contributed by atoms with van der Waals surface area (Å²) in [6.45, 7) is 3.86. The summed E-state index contributed by atoms with van der Waals surface area (Å²) in [7, 11) is -7.73. The SMILES string of the molecule is CC(C)CC[C@@]1(C(=O)OC[C@H]2CCCN2C(=O)O)C(=O)C(C2=NS(O)(O)c3cc(NS(C)(=O)=O)ccc3N2)=C(O)c2ccccc21. The number of nitrogens with zero attached hydrogens (tertiary/aromatic N) is 2. The van der Waals surface area contributed by atoms with E-state index >= 15 is 0 Å². The number of hydrogen-bond acceptors (Lipinski definition) is 11. The molecule has 1 fully saturated rings. The Hall–Kier alpha value is -4.12. The van der Waals surface area contributed by atoms with Gasteiger partial charge in [0.05, 0.1) is 23.7 Å². The highest BCUT2D eigenvalue weighted by molar-refractivity contribution is 8.23. The first-order valence-corrected chi connectivity index (χ1v) is 18.0. The number of amidine groups is 1. The number of ketones is 1. The smallest absolute Gasteiger partial charge is 0.407 e. The largest absolute Gasteiger partial charge is 0.506 e. The zero-order valence-corrected chi connectivity index (χ0v) is 27.0. The lowest BCUT2D eigenvalue weighted by atomic mass is 9.65. The maximum absolute atomic E-state index is 14.7. The maximum atomic E-state index is 14.7. The number of carbonyl (C=O) groups is 3. The van der Waals surface area contributed by atoms with Crippen molar-refractivity contribution in [3.63, 3.8) is 0 Å². The number of ether oxygens (including phenoxy) is 1. The molecule has 14 nitrogen and oxygen atoms in total. The number of esters is 1. The van der Waals surface area contributed by atoms with Crippen molar-refractivity contribution < 1.29 is 46.9 Å². The molecule has 0 bridgehead atoms. The Morgan fingerprint density at radius 3 is 2.61 bits per heavy atom. The van der Waals surface area contributed by atoms with E-state index < -0.39 is 67.3 Å². The molecule has 0 radical (unpaired) electrons. The quantitative estimate of drug-likeness (QED) is 0.156. The lowest BCUT2D eigenvalue weighted by Crippen LogP contribution is -2.51. The summed E-state index contributed by atoms with van der Waals surface area (Å²) < 4.78 is 57.6. The van der Waals surface area contributed by atoms with Gasteiger partial charge in [-0.3, -0.25) is 23.4 Å². The van der Waals surface area contributed by atoms with Crippen LogP contribution in [0.5, 0.6) is 0 Å². The number of carbonyl (C=O) groups excluding carboxylic acids is 2. The molecule has 1 amide bonds. The van der Waals surface area contributed by atoms with E-state index in [1.54, 1.807) is 18.2 Å². The van der Waals surface area contributed by atoms with Gasteiger partial charge in [0.1, 0.15) is 22.8 Å². The molecule has 0 aromatic heterocycles. The Bertz CT molecular complexity index is 1770. The van der Waals surface area contributed by atoms with Crippen molar-refractivity contribution in [1.82, 2.24) is 4.90 Å². The third-order valence-corrected chi connectivity index (χ3v) is 10.2. The molecule has 2 atom stereocenters. The molecule has 0 unspecified atom stereocenters. The van der Waals surface area contributed by atoms with Crippen LogP contribution in [0, 0.1) is 5.92 Å². The highest BCUT2D eigenvalue weighted by Crippen LogP contribution is 2.57. The molecular weight excluding hydrogens is 640 g/mol. The topological polar surface area (TPSA) is 215 Å². The second kappa shape index (κ2) is 12.2. The van der Waals surface area contributed by atoms with Gasteiger partial charge in [0.25, 0.3) is 0 Å². The van der Waals surface area contributed by atoms with Crippen molar-refractivity contribution in [3.8, 4) is 0 Å². The standard InChI is InChI=1S/C30H36N4O10S2/c1-17(2)12-13-30(28(37)44-16-19-7-6-14-34(19)29(38)39)21-9-5-4-8-20(21)25(35)24(26(30)36)27-31-22-11-10-18(32-45(3,40)41)15-23(22)46(42,43)33-27/h4-5,8-11,15,17,19,32,35,42-43H,6-7,12-14,16H2,1-3H3,(H,31,33)(H,38,39)/t19-,30+/m1/s1. The summed E-state index contributed by atoms with van der Waals surface area (Å²) in [5.74, 6) is -2.70. The van der Waals surface area contributed by atoms with Gasteiger partial charge in [-0.05, 0) is 55.4 Å². The Morgan fingerprint density at radius 1 is 1.22 bits per heavy atom. The molecule has 2 aromatic rings. The minimum absolute atomic E-state index is 0.0237. The van der Waals surface area contributed by atoms with Crippen LogP contribution < -0.4 is 10.0 Å². The number of hydrogen-bond donors (Lipinski definition) is 6. The molecule has 2 aliphatic heterocycles. The highest BCUT2D eigenvalue weighted by Gasteiger charge is 2.56. The fraction of sp³-hybridized carbons (Fsp3) is 0.400. The number of Topliss-reactive ketones (excluding diaryl/α,β-unsaturated/α-hetero) is 1. The number of anilines is 2. The molecule has 5 rings (SSSR count). The van der Waals surface area contributed by atoms with Crippen molar-refractivity contribution in [1.29, 1.82) is 0 Å². The molecule has 248 valence electrons. The van der Waals surface area contributed by atoms with E-state index in [1.165, 1.54) is 29.2 Å². The minimum atomic E-state index is -4.05. The lowest BCUT2D eigenvalue weighted by Gasteiger charge is -2.39. The first-order chi connectivity index (χ1) is 21.5. The van der Waals surface area contributed by atoms with Crippen molar-refractivity contribution in [2.45, 2.75) is 55.9 Å². The predicted molar refractivity (Wildman–Crippen MR) is 173 cm³/mol. The molecule has 0 spiro atoms. The summed E-state index contributed by atoms with van der Waals surface area (Å²) >= 11 is 0. The van der Waals surface area contributed by atoms with E-state index in [9.17, 15) is 42.1 Å². The Kier molecular flexibility index (Phi) is 8.85. The molecule has 2 heterocycles. The normalized spacial score (nSPS) is 22.8. The number of amides is 1. The van der Waals surface area contributed by atoms with Crippen LogP contribution in [0.15, 0.2) is 57.3 Å². The van der Waals surface area contributed by atoms with Crippen molar-refractivity contribution in [3.05, 3.63) is 59.2 Å². The van der Waals surface area contributed by atoms with Crippen LogP contribution >= 0.6 is 10.8 Å².